The van der Waals surface area contributed by atoms with Gasteiger partial charge in [0.2, 0.25) is 0 Å². The molecule has 4 aromatic carbocycles. The normalized spacial score (nSPS) is 10.8. The highest BCUT2D eigenvalue weighted by Crippen LogP contribution is 2.34. The summed E-state index contributed by atoms with van der Waals surface area (Å²) in [5.41, 5.74) is 6.64. The Hall–Kier alpha value is -4.51. The molecule has 1 N–H and O–H groups in total. The number of hydrogen-bond donors (Lipinski definition) is 1. The number of nitro groups is 1. The third-order valence-corrected chi connectivity index (χ3v) is 5.36. The molecule has 5 heteroatoms. The van der Waals surface area contributed by atoms with Gasteiger partial charge in [-0.2, -0.15) is 0 Å². The molecule has 0 saturated carbocycles. The Kier molecular flexibility index (Phi) is 5.06. The molecule has 0 bridgehead atoms. The molecule has 1 heterocycles. The van der Waals surface area contributed by atoms with Crippen LogP contribution in [0.1, 0.15) is 0 Å². The third kappa shape index (κ3) is 3.79. The lowest BCUT2D eigenvalue weighted by Crippen LogP contribution is -1.89. The monoisotopic (exact) mass is 417 g/mol. The number of benzene rings is 4. The van der Waals surface area contributed by atoms with Gasteiger partial charge in [-0.1, -0.05) is 97.1 Å². The van der Waals surface area contributed by atoms with Crippen molar-refractivity contribution in [2.75, 3.05) is 0 Å². The first-order chi connectivity index (χ1) is 15.7. The van der Waals surface area contributed by atoms with Crippen molar-refractivity contribution in [3.63, 3.8) is 0 Å². The highest BCUT2D eigenvalue weighted by molar-refractivity contribution is 5.82. The van der Waals surface area contributed by atoms with Crippen LogP contribution in [0.3, 0.4) is 0 Å². The summed E-state index contributed by atoms with van der Waals surface area (Å²) in [5, 5.41) is 11.2. The molecule has 154 valence electrons. The van der Waals surface area contributed by atoms with Gasteiger partial charge in [-0.15, -0.1) is 0 Å². The van der Waals surface area contributed by atoms with E-state index in [1.165, 1.54) is 12.1 Å². The molecule has 1 aromatic heterocycles. The summed E-state index contributed by atoms with van der Waals surface area (Å²) in [6.07, 6.45) is 0. The Morgan fingerprint density at radius 3 is 1.84 bits per heavy atom. The summed E-state index contributed by atoms with van der Waals surface area (Å²) >= 11 is 0. The maximum atomic E-state index is 11.2. The van der Waals surface area contributed by atoms with Gasteiger partial charge in [-0.25, -0.2) is 4.98 Å². The fourth-order valence-electron chi connectivity index (χ4n) is 3.75. The van der Waals surface area contributed by atoms with Crippen molar-refractivity contribution in [3.8, 4) is 45.0 Å². The molecule has 0 radical (unpaired) electrons. The number of nitro benzene ring substituents is 1. The van der Waals surface area contributed by atoms with Gasteiger partial charge in [0, 0.05) is 28.8 Å². The number of H-pyrrole nitrogens is 1. The number of hydrogen-bond acceptors (Lipinski definition) is 3. The van der Waals surface area contributed by atoms with Crippen molar-refractivity contribution in [3.05, 3.63) is 119 Å². The largest absolute Gasteiger partial charge is 0.337 e. The molecule has 0 unspecified atom stereocenters. The van der Waals surface area contributed by atoms with Gasteiger partial charge in [0.15, 0.2) is 0 Å². The Morgan fingerprint density at radius 1 is 0.625 bits per heavy atom. The lowest BCUT2D eigenvalue weighted by molar-refractivity contribution is -0.384. The van der Waals surface area contributed by atoms with Crippen molar-refractivity contribution in [2.24, 2.45) is 0 Å². The van der Waals surface area contributed by atoms with Gasteiger partial charge >= 0.3 is 0 Å². The summed E-state index contributed by atoms with van der Waals surface area (Å²) in [4.78, 5) is 19.1. The van der Waals surface area contributed by atoms with E-state index in [1.54, 1.807) is 6.07 Å². The van der Waals surface area contributed by atoms with Crippen molar-refractivity contribution in [2.45, 2.75) is 0 Å². The number of nitrogens with one attached hydrogen (secondary N) is 1. The van der Waals surface area contributed by atoms with Crippen molar-refractivity contribution in [1.29, 1.82) is 0 Å². The maximum Gasteiger partial charge on any atom is 0.270 e. The molecule has 32 heavy (non-hydrogen) atoms. The number of rotatable bonds is 5. The Balaban J connectivity index is 1.61. The smallest absolute Gasteiger partial charge is 0.270 e. The standard InChI is InChI=1S/C27H19N3O2/c31-30(32)24-13-7-12-23(18-24)27-28-25(21-10-5-2-6-11-21)26(29-27)22-16-14-20(15-17-22)19-8-3-1-4-9-19/h1-18H,(H,28,29). The molecule has 0 amide bonds. The molecular weight excluding hydrogens is 398 g/mol. The van der Waals surface area contributed by atoms with Gasteiger partial charge in [0.05, 0.1) is 16.3 Å². The molecule has 0 aliphatic rings. The predicted octanol–water partition coefficient (Wildman–Crippen LogP) is 6.99. The van der Waals surface area contributed by atoms with E-state index in [2.05, 4.69) is 41.4 Å². The second-order valence-electron chi connectivity index (χ2n) is 7.43. The Bertz CT molecular complexity index is 1380. The number of nitrogens with zero attached hydrogens (tertiary/aromatic N) is 2. The molecule has 0 fully saturated rings. The van der Waals surface area contributed by atoms with Crippen LogP contribution in [0.4, 0.5) is 5.69 Å². The predicted molar refractivity (Wildman–Crippen MR) is 127 cm³/mol. The van der Waals surface area contributed by atoms with Crippen LogP contribution in [0.15, 0.2) is 109 Å². The summed E-state index contributed by atoms with van der Waals surface area (Å²) in [5.74, 6) is 0.592. The Morgan fingerprint density at radius 2 is 1.19 bits per heavy atom. The zero-order valence-corrected chi connectivity index (χ0v) is 17.1. The average molecular weight is 417 g/mol. The van der Waals surface area contributed by atoms with E-state index in [4.69, 9.17) is 4.98 Å². The summed E-state index contributed by atoms with van der Waals surface area (Å²) in [6, 6.07) is 35.0. The van der Waals surface area contributed by atoms with Crippen molar-refractivity contribution < 1.29 is 4.92 Å². The molecule has 0 aliphatic heterocycles. The number of imidazole rings is 1. The summed E-state index contributed by atoms with van der Waals surface area (Å²) in [7, 11) is 0. The average Bonchev–Trinajstić information content (AvgIpc) is 3.31. The van der Waals surface area contributed by atoms with Gasteiger partial charge in [0.25, 0.3) is 5.69 Å². The number of aromatic nitrogens is 2. The SMILES string of the molecule is O=[N+]([O-])c1cccc(-c2nc(-c3ccccc3)c(-c3ccc(-c4ccccc4)cc3)[nH]2)c1. The van der Waals surface area contributed by atoms with E-state index in [9.17, 15) is 10.1 Å². The van der Waals surface area contributed by atoms with Crippen molar-refractivity contribution in [1.82, 2.24) is 9.97 Å². The van der Waals surface area contributed by atoms with Gasteiger partial charge < -0.3 is 4.98 Å². The Labute approximate surface area is 185 Å². The topological polar surface area (TPSA) is 71.8 Å². The van der Waals surface area contributed by atoms with Crippen LogP contribution >= 0.6 is 0 Å². The lowest BCUT2D eigenvalue weighted by Gasteiger charge is -2.06. The van der Waals surface area contributed by atoms with E-state index in [-0.39, 0.29) is 5.69 Å². The minimum absolute atomic E-state index is 0.0360. The highest BCUT2D eigenvalue weighted by atomic mass is 16.6. The first-order valence-electron chi connectivity index (χ1n) is 10.3. The van der Waals surface area contributed by atoms with Crippen LogP contribution in [0.2, 0.25) is 0 Å². The zero-order chi connectivity index (χ0) is 21.9. The van der Waals surface area contributed by atoms with Crippen LogP contribution < -0.4 is 0 Å². The van der Waals surface area contributed by atoms with Gasteiger partial charge in [-0.3, -0.25) is 10.1 Å². The third-order valence-electron chi connectivity index (χ3n) is 5.36. The van der Waals surface area contributed by atoms with E-state index < -0.39 is 4.92 Å². The second kappa shape index (κ2) is 8.32. The summed E-state index contributed by atoms with van der Waals surface area (Å²) in [6.45, 7) is 0. The van der Waals surface area contributed by atoms with Gasteiger partial charge in [-0.05, 0) is 11.1 Å². The van der Waals surface area contributed by atoms with E-state index in [0.29, 0.717) is 11.4 Å². The zero-order valence-electron chi connectivity index (χ0n) is 17.1. The van der Waals surface area contributed by atoms with E-state index in [1.807, 2.05) is 54.6 Å². The molecule has 5 rings (SSSR count). The molecule has 5 nitrogen and oxygen atoms in total. The highest BCUT2D eigenvalue weighted by Gasteiger charge is 2.17. The molecule has 0 spiro atoms. The second-order valence-corrected chi connectivity index (χ2v) is 7.43. The van der Waals surface area contributed by atoms with Crippen LogP contribution in [-0.4, -0.2) is 14.9 Å². The van der Waals surface area contributed by atoms with Crippen LogP contribution in [0.25, 0.3) is 45.0 Å². The molecule has 0 atom stereocenters. The van der Waals surface area contributed by atoms with E-state index in [0.717, 1.165) is 33.6 Å². The first-order valence-corrected chi connectivity index (χ1v) is 10.3. The molecule has 5 aromatic rings. The minimum atomic E-state index is -0.395. The fraction of sp³-hybridized carbons (Fsp3) is 0. The van der Waals surface area contributed by atoms with Crippen LogP contribution in [0, 0.1) is 10.1 Å². The molecule has 0 saturated heterocycles. The van der Waals surface area contributed by atoms with Gasteiger partial charge in [0.1, 0.15) is 5.82 Å². The molecule has 0 aliphatic carbocycles. The molecular formula is C27H19N3O2. The summed E-state index contributed by atoms with van der Waals surface area (Å²) < 4.78 is 0. The minimum Gasteiger partial charge on any atom is -0.337 e. The maximum absolute atomic E-state index is 11.2. The number of non-ortho nitro benzene ring substituents is 1. The first kappa shape index (κ1) is 19.5. The van der Waals surface area contributed by atoms with Crippen molar-refractivity contribution >= 4 is 5.69 Å². The van der Waals surface area contributed by atoms with Crippen LogP contribution in [-0.2, 0) is 0 Å². The number of aromatic amines is 1. The van der Waals surface area contributed by atoms with Crippen LogP contribution in [0.5, 0.6) is 0 Å². The quantitative estimate of drug-likeness (QED) is 0.247. The fourth-order valence-corrected chi connectivity index (χ4v) is 3.75. The van der Waals surface area contributed by atoms with E-state index >= 15 is 0 Å². The lowest BCUT2D eigenvalue weighted by atomic mass is 10.0.